The molecule has 0 aromatic rings. The fourth-order valence-electron chi connectivity index (χ4n) is 3.66. The van der Waals surface area contributed by atoms with Crippen LogP contribution in [0.5, 0.6) is 0 Å². The Labute approximate surface area is 139 Å². The van der Waals surface area contributed by atoms with E-state index in [-0.39, 0.29) is 23.8 Å². The molecule has 3 N–H and O–H groups in total. The first-order valence-corrected chi connectivity index (χ1v) is 9.08. The lowest BCUT2D eigenvalue weighted by atomic mass is 9.74. The third kappa shape index (κ3) is 4.93. The molecular weight excluding hydrogens is 292 g/mol. The van der Waals surface area contributed by atoms with Crippen LogP contribution in [0.15, 0.2) is 0 Å². The number of hydrogen-bond donors (Lipinski definition) is 3. The molecule has 2 amide bonds. The predicted molar refractivity (Wildman–Crippen MR) is 89.6 cm³/mol. The minimum atomic E-state index is -0.892. The fourth-order valence-corrected chi connectivity index (χ4v) is 3.66. The van der Waals surface area contributed by atoms with Crippen molar-refractivity contribution in [3.63, 3.8) is 0 Å². The molecule has 2 saturated carbocycles. The number of aliphatic hydroxyl groups is 1. The van der Waals surface area contributed by atoms with Crippen molar-refractivity contribution in [2.45, 2.75) is 78.0 Å². The highest BCUT2D eigenvalue weighted by Crippen LogP contribution is 2.33. The van der Waals surface area contributed by atoms with Crippen molar-refractivity contribution in [2.24, 2.45) is 23.7 Å². The monoisotopic (exact) mass is 324 g/mol. The normalized spacial score (nSPS) is 30.6. The van der Waals surface area contributed by atoms with Gasteiger partial charge >= 0.3 is 0 Å². The van der Waals surface area contributed by atoms with E-state index in [1.165, 1.54) is 6.42 Å². The van der Waals surface area contributed by atoms with Gasteiger partial charge in [0.1, 0.15) is 6.04 Å². The summed E-state index contributed by atoms with van der Waals surface area (Å²) < 4.78 is 0. The van der Waals surface area contributed by atoms with Gasteiger partial charge in [-0.25, -0.2) is 0 Å². The zero-order chi connectivity index (χ0) is 17.1. The number of nitrogens with one attached hydrogen (secondary N) is 2. The van der Waals surface area contributed by atoms with Gasteiger partial charge in [-0.1, -0.05) is 27.2 Å². The Bertz CT molecular complexity index is 432. The van der Waals surface area contributed by atoms with E-state index < -0.39 is 12.1 Å². The van der Waals surface area contributed by atoms with Crippen LogP contribution in [0.25, 0.3) is 0 Å². The third-order valence-corrected chi connectivity index (χ3v) is 5.36. The van der Waals surface area contributed by atoms with Crippen LogP contribution in [0, 0.1) is 23.7 Å². The fraction of sp³-hybridized carbons (Fsp3) is 0.889. The van der Waals surface area contributed by atoms with Gasteiger partial charge in [-0.3, -0.25) is 9.59 Å². The highest BCUT2D eigenvalue weighted by atomic mass is 16.3. The van der Waals surface area contributed by atoms with Crippen LogP contribution in [0.2, 0.25) is 0 Å². The average Bonchev–Trinajstić information content (AvgIpc) is 3.28. The Morgan fingerprint density at radius 2 is 1.74 bits per heavy atom. The number of amides is 2. The van der Waals surface area contributed by atoms with Crippen LogP contribution in [0.1, 0.15) is 59.8 Å². The van der Waals surface area contributed by atoms with Gasteiger partial charge in [0.25, 0.3) is 0 Å². The van der Waals surface area contributed by atoms with Crippen molar-refractivity contribution in [1.29, 1.82) is 0 Å². The smallest absolute Gasteiger partial charge is 0.245 e. The van der Waals surface area contributed by atoms with E-state index in [4.69, 9.17) is 0 Å². The highest BCUT2D eigenvalue weighted by Gasteiger charge is 2.37. The molecule has 23 heavy (non-hydrogen) atoms. The van der Waals surface area contributed by atoms with Crippen molar-refractivity contribution in [3.8, 4) is 0 Å². The summed E-state index contributed by atoms with van der Waals surface area (Å²) in [6.45, 7) is 8.17. The van der Waals surface area contributed by atoms with Gasteiger partial charge in [0.15, 0.2) is 0 Å². The quantitative estimate of drug-likeness (QED) is 0.697. The number of rotatable bonds is 6. The van der Waals surface area contributed by atoms with Crippen molar-refractivity contribution >= 4 is 11.8 Å². The summed E-state index contributed by atoms with van der Waals surface area (Å²) in [6.07, 6.45) is 4.17. The summed E-state index contributed by atoms with van der Waals surface area (Å²) >= 11 is 0. The summed E-state index contributed by atoms with van der Waals surface area (Å²) in [7, 11) is 0. The van der Waals surface area contributed by atoms with Gasteiger partial charge in [-0.2, -0.15) is 0 Å². The SMILES string of the molecule is CC1CCC(C(C)C)C(NC(=O)C(NC(=O)C2CC2)C(C)O)C1. The largest absolute Gasteiger partial charge is 0.391 e. The molecule has 0 aromatic heterocycles. The van der Waals surface area contributed by atoms with Crippen molar-refractivity contribution in [1.82, 2.24) is 10.6 Å². The van der Waals surface area contributed by atoms with Gasteiger partial charge < -0.3 is 15.7 Å². The first-order chi connectivity index (χ1) is 10.8. The Morgan fingerprint density at radius 1 is 1.09 bits per heavy atom. The van der Waals surface area contributed by atoms with E-state index in [1.54, 1.807) is 6.92 Å². The molecule has 0 heterocycles. The second-order valence-electron chi connectivity index (χ2n) is 7.94. The molecule has 2 rings (SSSR count). The Balaban J connectivity index is 1.99. The summed E-state index contributed by atoms with van der Waals surface area (Å²) in [5.74, 6) is 1.24. The number of hydrogen-bond acceptors (Lipinski definition) is 3. The molecule has 132 valence electrons. The lowest BCUT2D eigenvalue weighted by Crippen LogP contribution is -2.57. The summed E-state index contributed by atoms with van der Waals surface area (Å²) in [6, 6.07) is -0.724. The molecule has 2 aliphatic carbocycles. The Hall–Kier alpha value is -1.10. The second kappa shape index (κ2) is 7.65. The Kier molecular flexibility index (Phi) is 6.06. The van der Waals surface area contributed by atoms with Crippen molar-refractivity contribution < 1.29 is 14.7 Å². The van der Waals surface area contributed by atoms with E-state index in [9.17, 15) is 14.7 Å². The predicted octanol–water partition coefficient (Wildman–Crippen LogP) is 1.84. The maximum absolute atomic E-state index is 12.6. The van der Waals surface area contributed by atoms with E-state index >= 15 is 0 Å². The molecule has 2 aliphatic rings. The van der Waals surface area contributed by atoms with Crippen LogP contribution >= 0.6 is 0 Å². The molecule has 5 nitrogen and oxygen atoms in total. The lowest BCUT2D eigenvalue weighted by Gasteiger charge is -2.38. The van der Waals surface area contributed by atoms with Crippen LogP contribution in [0.4, 0.5) is 0 Å². The maximum atomic E-state index is 12.6. The van der Waals surface area contributed by atoms with Crippen LogP contribution in [-0.2, 0) is 9.59 Å². The maximum Gasteiger partial charge on any atom is 0.245 e. The van der Waals surface area contributed by atoms with Gasteiger partial charge in [-0.05, 0) is 50.4 Å². The minimum absolute atomic E-state index is 0.0298. The first-order valence-electron chi connectivity index (χ1n) is 9.08. The number of aliphatic hydroxyl groups excluding tert-OH is 1. The van der Waals surface area contributed by atoms with Crippen molar-refractivity contribution in [3.05, 3.63) is 0 Å². The molecule has 0 bridgehead atoms. The summed E-state index contributed by atoms with van der Waals surface area (Å²) in [4.78, 5) is 24.6. The Morgan fingerprint density at radius 3 is 2.26 bits per heavy atom. The lowest BCUT2D eigenvalue weighted by molar-refractivity contribution is -0.133. The van der Waals surface area contributed by atoms with Crippen LogP contribution in [0.3, 0.4) is 0 Å². The average molecular weight is 324 g/mol. The second-order valence-corrected chi connectivity index (χ2v) is 7.94. The summed E-state index contributed by atoms with van der Waals surface area (Å²) in [5.41, 5.74) is 0. The molecule has 0 aromatic carbocycles. The van der Waals surface area contributed by atoms with Gasteiger partial charge in [0, 0.05) is 12.0 Å². The summed E-state index contributed by atoms with van der Waals surface area (Å²) in [5, 5.41) is 15.7. The molecule has 0 aliphatic heterocycles. The first kappa shape index (κ1) is 18.2. The molecule has 0 saturated heterocycles. The van der Waals surface area contributed by atoms with Crippen LogP contribution in [-0.4, -0.2) is 35.1 Å². The number of carbonyl (C=O) groups excluding carboxylic acids is 2. The topological polar surface area (TPSA) is 78.4 Å². The number of carbonyl (C=O) groups is 2. The zero-order valence-corrected chi connectivity index (χ0v) is 14.8. The van der Waals surface area contributed by atoms with E-state index in [0.29, 0.717) is 17.8 Å². The van der Waals surface area contributed by atoms with Gasteiger partial charge in [0.2, 0.25) is 11.8 Å². The van der Waals surface area contributed by atoms with Crippen molar-refractivity contribution in [2.75, 3.05) is 0 Å². The molecule has 0 radical (unpaired) electrons. The molecule has 0 spiro atoms. The molecule has 5 heteroatoms. The molecule has 5 atom stereocenters. The minimum Gasteiger partial charge on any atom is -0.391 e. The molecule has 2 fully saturated rings. The van der Waals surface area contributed by atoms with Gasteiger partial charge in [0.05, 0.1) is 6.10 Å². The van der Waals surface area contributed by atoms with Gasteiger partial charge in [-0.15, -0.1) is 0 Å². The third-order valence-electron chi connectivity index (χ3n) is 5.36. The van der Waals surface area contributed by atoms with E-state index in [2.05, 4.69) is 31.4 Å². The molecular formula is C18H32N2O3. The van der Waals surface area contributed by atoms with E-state index in [0.717, 1.165) is 25.7 Å². The zero-order valence-electron chi connectivity index (χ0n) is 14.8. The standard InChI is InChI=1S/C18H32N2O3/c1-10(2)14-8-5-11(3)9-15(14)19-18(23)16(12(4)21)20-17(22)13-6-7-13/h10-16,21H,5-9H2,1-4H3,(H,19,23)(H,20,22). The van der Waals surface area contributed by atoms with Crippen LogP contribution < -0.4 is 10.6 Å². The highest BCUT2D eigenvalue weighted by molar-refractivity contribution is 5.89. The molecule has 5 unspecified atom stereocenters. The van der Waals surface area contributed by atoms with E-state index in [1.807, 2.05) is 0 Å².